The van der Waals surface area contributed by atoms with E-state index in [0.717, 1.165) is 50.5 Å². The molecule has 1 aromatic rings. The van der Waals surface area contributed by atoms with E-state index in [0.29, 0.717) is 6.04 Å². The highest BCUT2D eigenvalue weighted by Gasteiger charge is 2.34. The summed E-state index contributed by atoms with van der Waals surface area (Å²) in [4.78, 5) is 13.4. The topological polar surface area (TPSA) is 73.8 Å². The van der Waals surface area contributed by atoms with Gasteiger partial charge in [-0.2, -0.15) is 0 Å². The average Bonchev–Trinajstić information content (AvgIpc) is 3.27. The zero-order valence-electron chi connectivity index (χ0n) is 16.3. The van der Waals surface area contributed by atoms with Crippen LogP contribution in [0, 0.1) is 5.41 Å². The van der Waals surface area contributed by atoms with Crippen LogP contribution in [0.3, 0.4) is 0 Å². The van der Waals surface area contributed by atoms with Gasteiger partial charge in [0.05, 0.1) is 12.7 Å². The van der Waals surface area contributed by atoms with Crippen molar-refractivity contribution in [3.63, 3.8) is 0 Å². The van der Waals surface area contributed by atoms with Gasteiger partial charge in [-0.15, -0.1) is 0 Å². The number of aliphatic hydroxyl groups is 1. The summed E-state index contributed by atoms with van der Waals surface area (Å²) in [5.41, 5.74) is 0.00730. The van der Waals surface area contributed by atoms with Crippen LogP contribution in [0.2, 0.25) is 0 Å². The summed E-state index contributed by atoms with van der Waals surface area (Å²) in [5, 5.41) is 13.2. The van der Waals surface area contributed by atoms with Crippen molar-refractivity contribution in [1.29, 1.82) is 0 Å². The first-order valence-electron chi connectivity index (χ1n) is 9.66. The summed E-state index contributed by atoms with van der Waals surface area (Å²) < 4.78 is 5.60. The van der Waals surface area contributed by atoms with Crippen LogP contribution in [-0.4, -0.2) is 79.6 Å². The van der Waals surface area contributed by atoms with E-state index in [2.05, 4.69) is 39.2 Å². The first-order chi connectivity index (χ1) is 12.5. The summed E-state index contributed by atoms with van der Waals surface area (Å²) in [6, 6.07) is 2.41. The molecule has 26 heavy (non-hydrogen) atoms. The van der Waals surface area contributed by atoms with E-state index in [1.807, 2.05) is 6.07 Å². The highest BCUT2D eigenvalue weighted by atomic mass is 16.5. The second-order valence-corrected chi connectivity index (χ2v) is 8.14. The molecule has 7 nitrogen and oxygen atoms in total. The predicted molar refractivity (Wildman–Crippen MR) is 104 cm³/mol. The number of hydrogen-bond acceptors (Lipinski definition) is 7. The normalized spacial score (nSPS) is 25.2. The molecule has 2 heterocycles. The molecule has 1 aromatic heterocycles. The molecular formula is C19H33N5O2. The van der Waals surface area contributed by atoms with Crippen molar-refractivity contribution >= 4 is 11.6 Å². The lowest BCUT2D eigenvalue weighted by Crippen LogP contribution is -2.38. The van der Waals surface area contributed by atoms with Crippen LogP contribution >= 0.6 is 0 Å². The molecule has 1 aliphatic heterocycles. The highest BCUT2D eigenvalue weighted by Crippen LogP contribution is 2.37. The van der Waals surface area contributed by atoms with Gasteiger partial charge in [0.2, 0.25) is 0 Å². The lowest BCUT2D eigenvalue weighted by Gasteiger charge is -2.29. The van der Waals surface area contributed by atoms with Crippen LogP contribution in [0.4, 0.5) is 11.6 Å². The van der Waals surface area contributed by atoms with Gasteiger partial charge in [-0.05, 0) is 33.4 Å². The number of nitrogens with one attached hydrogen (secondary N) is 1. The molecule has 0 unspecified atom stereocenters. The van der Waals surface area contributed by atoms with Crippen molar-refractivity contribution < 1.29 is 9.84 Å². The molecule has 2 aliphatic rings. The molecule has 0 radical (unpaired) electrons. The van der Waals surface area contributed by atoms with Gasteiger partial charge >= 0.3 is 0 Å². The van der Waals surface area contributed by atoms with Gasteiger partial charge in [0.15, 0.2) is 0 Å². The Balaban J connectivity index is 1.69. The molecule has 2 fully saturated rings. The van der Waals surface area contributed by atoms with Gasteiger partial charge in [-0.3, -0.25) is 0 Å². The molecule has 0 aromatic carbocycles. The Bertz CT molecular complexity index is 577. The molecule has 0 amide bonds. The second kappa shape index (κ2) is 8.50. The van der Waals surface area contributed by atoms with Crippen molar-refractivity contribution in [2.75, 3.05) is 57.7 Å². The number of nitrogens with zero attached hydrogens (tertiary/aromatic N) is 4. The lowest BCUT2D eigenvalue weighted by molar-refractivity contribution is 0.117. The summed E-state index contributed by atoms with van der Waals surface area (Å²) in [7, 11) is 5.98. The fourth-order valence-electron chi connectivity index (χ4n) is 4.31. The van der Waals surface area contributed by atoms with E-state index in [1.165, 1.54) is 12.8 Å². The summed E-state index contributed by atoms with van der Waals surface area (Å²) in [5.74, 6) is 1.78. The summed E-state index contributed by atoms with van der Waals surface area (Å²) >= 11 is 0. The zero-order valence-corrected chi connectivity index (χ0v) is 16.3. The van der Waals surface area contributed by atoms with Gasteiger partial charge < -0.3 is 25.0 Å². The van der Waals surface area contributed by atoms with E-state index in [4.69, 9.17) is 4.74 Å². The Kier molecular flexibility index (Phi) is 6.32. The molecule has 1 saturated heterocycles. The van der Waals surface area contributed by atoms with E-state index in [1.54, 1.807) is 13.4 Å². The number of hydrogen-bond donors (Lipinski definition) is 2. The Labute approximate surface area is 156 Å². The fraction of sp³-hybridized carbons (Fsp3) is 0.789. The van der Waals surface area contributed by atoms with Crippen molar-refractivity contribution in [2.45, 2.75) is 44.2 Å². The third kappa shape index (κ3) is 4.45. The zero-order chi connectivity index (χ0) is 18.6. The third-order valence-electron chi connectivity index (χ3n) is 5.88. The van der Waals surface area contributed by atoms with Gasteiger partial charge in [0.1, 0.15) is 18.0 Å². The van der Waals surface area contributed by atoms with Crippen LogP contribution in [0.25, 0.3) is 0 Å². The molecule has 146 valence electrons. The Morgan fingerprint density at radius 3 is 2.77 bits per heavy atom. The van der Waals surface area contributed by atoms with Crippen molar-refractivity contribution in [1.82, 2.24) is 14.9 Å². The average molecular weight is 364 g/mol. The minimum Gasteiger partial charge on any atom is -0.396 e. The molecule has 3 rings (SSSR count). The van der Waals surface area contributed by atoms with E-state index >= 15 is 0 Å². The smallest absolute Gasteiger partial charge is 0.134 e. The van der Waals surface area contributed by atoms with Crippen LogP contribution < -0.4 is 10.2 Å². The first-order valence-corrected chi connectivity index (χ1v) is 9.66. The number of rotatable bonds is 8. The maximum absolute atomic E-state index is 9.80. The second-order valence-electron chi connectivity index (χ2n) is 8.14. The maximum Gasteiger partial charge on any atom is 0.134 e. The molecular weight excluding hydrogens is 330 g/mol. The number of aromatic nitrogens is 2. The fourth-order valence-corrected chi connectivity index (χ4v) is 4.31. The molecule has 2 N–H and O–H groups in total. The van der Waals surface area contributed by atoms with Gasteiger partial charge in [-0.1, -0.05) is 12.8 Å². The Morgan fingerprint density at radius 1 is 1.35 bits per heavy atom. The molecule has 0 bridgehead atoms. The molecule has 1 aliphatic carbocycles. The standard InChI is InChI=1S/C19H33N5O2/c1-23(2)10-15-8-16(26-3)11-24(15)18-9-17(21-14-22-18)20-12-19(13-25)6-4-5-7-19/h9,14-16,25H,4-8,10-13H2,1-3H3,(H,20,21,22)/t15-,16-/m0/s1. The Hall–Kier alpha value is -1.44. The van der Waals surface area contributed by atoms with Crippen LogP contribution in [0.5, 0.6) is 0 Å². The van der Waals surface area contributed by atoms with Gasteiger partial charge in [0, 0.05) is 44.3 Å². The SMILES string of the molecule is CO[C@H]1C[C@@H](CN(C)C)N(c2cc(NCC3(CO)CCCC3)ncn2)C1. The lowest BCUT2D eigenvalue weighted by atomic mass is 9.87. The molecule has 1 saturated carbocycles. The van der Waals surface area contributed by atoms with E-state index in [9.17, 15) is 5.11 Å². The number of anilines is 2. The predicted octanol–water partition coefficient (Wildman–Crippen LogP) is 1.60. The van der Waals surface area contributed by atoms with E-state index in [-0.39, 0.29) is 18.1 Å². The molecule has 7 heteroatoms. The number of methoxy groups -OCH3 is 1. The molecule has 2 atom stereocenters. The van der Waals surface area contributed by atoms with Crippen molar-refractivity contribution in [3.8, 4) is 0 Å². The minimum atomic E-state index is 0.00730. The van der Waals surface area contributed by atoms with Gasteiger partial charge in [0.25, 0.3) is 0 Å². The molecule has 0 spiro atoms. The van der Waals surface area contributed by atoms with Crippen molar-refractivity contribution in [3.05, 3.63) is 12.4 Å². The number of ether oxygens (including phenoxy) is 1. The maximum atomic E-state index is 9.80. The monoisotopic (exact) mass is 363 g/mol. The third-order valence-corrected chi connectivity index (χ3v) is 5.88. The minimum absolute atomic E-state index is 0.00730. The van der Waals surface area contributed by atoms with Crippen LogP contribution in [-0.2, 0) is 4.74 Å². The largest absolute Gasteiger partial charge is 0.396 e. The number of likely N-dealkylation sites (N-methyl/N-ethyl adjacent to an activating group) is 1. The first kappa shape index (κ1) is 19.3. The summed E-state index contributed by atoms with van der Waals surface area (Å²) in [6.45, 7) is 2.83. The quantitative estimate of drug-likeness (QED) is 0.727. The van der Waals surface area contributed by atoms with Crippen LogP contribution in [0.15, 0.2) is 12.4 Å². The summed E-state index contributed by atoms with van der Waals surface area (Å²) in [6.07, 6.45) is 7.45. The van der Waals surface area contributed by atoms with E-state index < -0.39 is 0 Å². The van der Waals surface area contributed by atoms with Gasteiger partial charge in [-0.25, -0.2) is 9.97 Å². The van der Waals surface area contributed by atoms with Crippen molar-refractivity contribution in [2.24, 2.45) is 5.41 Å². The highest BCUT2D eigenvalue weighted by molar-refractivity contribution is 5.50. The Morgan fingerprint density at radius 2 is 2.12 bits per heavy atom. The van der Waals surface area contributed by atoms with Crippen LogP contribution in [0.1, 0.15) is 32.1 Å². The number of aliphatic hydroxyl groups excluding tert-OH is 1.